The lowest BCUT2D eigenvalue weighted by Crippen LogP contribution is -2.32. The lowest BCUT2D eigenvalue weighted by Gasteiger charge is -2.06. The number of hydrazine groups is 1. The number of aromatic nitrogens is 2. The molecule has 5 nitrogen and oxygen atoms in total. The molecule has 0 bridgehead atoms. The third-order valence-electron chi connectivity index (χ3n) is 2.92. The van der Waals surface area contributed by atoms with Crippen molar-refractivity contribution < 1.29 is 13.2 Å². The molecule has 3 heterocycles. The smallest absolute Gasteiger partial charge is 0.302 e. The van der Waals surface area contributed by atoms with E-state index in [1.165, 1.54) is 6.07 Å². The van der Waals surface area contributed by atoms with Crippen LogP contribution in [0.3, 0.4) is 0 Å². The van der Waals surface area contributed by atoms with E-state index in [2.05, 4.69) is 25.8 Å². The largest absolute Gasteiger partial charge is 0.417 e. The molecule has 2 aromatic rings. The Hall–Kier alpha value is -2.48. The molecule has 0 saturated carbocycles. The zero-order chi connectivity index (χ0) is 14.9. The number of nitrogens with zero attached hydrogens (tertiary/aromatic N) is 3. The van der Waals surface area contributed by atoms with E-state index in [0.717, 1.165) is 17.8 Å². The SMILES string of the molecule is FC(F)(F)c1ccc(C2=N[C@@H](c3cccnc3)NN2)nc1. The maximum atomic E-state index is 12.5. The third-order valence-corrected chi connectivity index (χ3v) is 2.92. The highest BCUT2D eigenvalue weighted by Crippen LogP contribution is 2.28. The summed E-state index contributed by atoms with van der Waals surface area (Å²) in [5.74, 6) is 0.387. The predicted octanol–water partition coefficient (Wildman–Crippen LogP) is 2.05. The van der Waals surface area contributed by atoms with Crippen LogP contribution in [0.2, 0.25) is 0 Å². The molecule has 0 spiro atoms. The number of aliphatic imine (C=N–C) groups is 1. The number of pyridine rings is 2. The van der Waals surface area contributed by atoms with E-state index in [-0.39, 0.29) is 6.17 Å². The van der Waals surface area contributed by atoms with Gasteiger partial charge >= 0.3 is 6.18 Å². The standard InChI is InChI=1S/C13H10F3N5/c14-13(15,16)9-3-4-10(18-7-9)12-19-11(20-21-12)8-2-1-5-17-6-8/h1-7,11,20H,(H,19,21)/t11-/m1/s1. The molecule has 0 saturated heterocycles. The van der Waals surface area contributed by atoms with E-state index < -0.39 is 11.7 Å². The van der Waals surface area contributed by atoms with E-state index in [4.69, 9.17) is 0 Å². The molecule has 1 atom stereocenters. The molecular weight excluding hydrogens is 283 g/mol. The summed E-state index contributed by atoms with van der Waals surface area (Å²) in [7, 11) is 0. The minimum absolute atomic E-state index is 0.335. The van der Waals surface area contributed by atoms with E-state index in [1.54, 1.807) is 18.5 Å². The van der Waals surface area contributed by atoms with Crippen molar-refractivity contribution in [1.29, 1.82) is 0 Å². The summed E-state index contributed by atoms with van der Waals surface area (Å²) in [6, 6.07) is 5.88. The van der Waals surface area contributed by atoms with E-state index in [0.29, 0.717) is 11.5 Å². The Bertz CT molecular complexity index is 652. The number of hydrogen-bond donors (Lipinski definition) is 2. The number of nitrogens with one attached hydrogen (secondary N) is 2. The molecule has 0 fully saturated rings. The molecule has 21 heavy (non-hydrogen) atoms. The maximum Gasteiger partial charge on any atom is 0.417 e. The molecule has 0 amide bonds. The van der Waals surface area contributed by atoms with Gasteiger partial charge in [-0.2, -0.15) is 13.2 Å². The molecule has 8 heteroatoms. The zero-order valence-electron chi connectivity index (χ0n) is 10.6. The molecule has 1 aliphatic heterocycles. The summed E-state index contributed by atoms with van der Waals surface area (Å²) in [6.45, 7) is 0. The molecule has 1 aliphatic rings. The number of rotatable bonds is 2. The van der Waals surface area contributed by atoms with Gasteiger partial charge in [0.1, 0.15) is 11.9 Å². The van der Waals surface area contributed by atoms with Gasteiger partial charge in [0.2, 0.25) is 0 Å². The van der Waals surface area contributed by atoms with Gasteiger partial charge in [-0.15, -0.1) is 0 Å². The van der Waals surface area contributed by atoms with Gasteiger partial charge in [-0.3, -0.25) is 9.97 Å². The van der Waals surface area contributed by atoms with Crippen molar-refractivity contribution in [2.24, 2.45) is 4.99 Å². The number of alkyl halides is 3. The average Bonchev–Trinajstić information content (AvgIpc) is 2.97. The zero-order valence-corrected chi connectivity index (χ0v) is 10.6. The van der Waals surface area contributed by atoms with Gasteiger partial charge in [-0.1, -0.05) is 6.07 Å². The summed E-state index contributed by atoms with van der Waals surface area (Å²) >= 11 is 0. The topological polar surface area (TPSA) is 62.2 Å². The Kier molecular flexibility index (Phi) is 3.30. The highest BCUT2D eigenvalue weighted by molar-refractivity contribution is 5.97. The van der Waals surface area contributed by atoms with Crippen molar-refractivity contribution in [3.05, 3.63) is 59.7 Å². The van der Waals surface area contributed by atoms with Gasteiger partial charge < -0.3 is 5.43 Å². The fraction of sp³-hybridized carbons (Fsp3) is 0.154. The van der Waals surface area contributed by atoms with Gasteiger partial charge in [0, 0.05) is 24.2 Å². The third kappa shape index (κ3) is 2.84. The lowest BCUT2D eigenvalue weighted by molar-refractivity contribution is -0.137. The number of amidine groups is 1. The minimum atomic E-state index is -4.40. The van der Waals surface area contributed by atoms with Crippen LogP contribution in [0.5, 0.6) is 0 Å². The molecule has 0 unspecified atom stereocenters. The fourth-order valence-corrected chi connectivity index (χ4v) is 1.86. The number of hydrogen-bond acceptors (Lipinski definition) is 5. The first-order valence-electron chi connectivity index (χ1n) is 6.07. The van der Waals surface area contributed by atoms with Crippen molar-refractivity contribution >= 4 is 5.84 Å². The molecule has 2 N–H and O–H groups in total. The van der Waals surface area contributed by atoms with Crippen molar-refractivity contribution in [3.8, 4) is 0 Å². The van der Waals surface area contributed by atoms with E-state index >= 15 is 0 Å². The molecule has 108 valence electrons. The van der Waals surface area contributed by atoms with Crippen molar-refractivity contribution in [2.75, 3.05) is 0 Å². The van der Waals surface area contributed by atoms with Gasteiger partial charge in [0.05, 0.1) is 5.56 Å². The van der Waals surface area contributed by atoms with Crippen LogP contribution in [0.1, 0.15) is 23.0 Å². The van der Waals surface area contributed by atoms with Gasteiger partial charge in [0.15, 0.2) is 5.84 Å². The van der Waals surface area contributed by atoms with Gasteiger partial charge in [-0.25, -0.2) is 10.4 Å². The molecule has 3 rings (SSSR count). The van der Waals surface area contributed by atoms with Crippen LogP contribution in [0, 0.1) is 0 Å². The van der Waals surface area contributed by atoms with Crippen LogP contribution in [-0.4, -0.2) is 15.8 Å². The summed E-state index contributed by atoms with van der Waals surface area (Å²) in [4.78, 5) is 12.1. The van der Waals surface area contributed by atoms with Gasteiger partial charge in [0.25, 0.3) is 0 Å². The highest BCUT2D eigenvalue weighted by atomic mass is 19.4. The molecule has 0 aromatic carbocycles. The first kappa shape index (κ1) is 13.5. The monoisotopic (exact) mass is 293 g/mol. The Balaban J connectivity index is 1.82. The highest BCUT2D eigenvalue weighted by Gasteiger charge is 2.31. The first-order valence-corrected chi connectivity index (χ1v) is 6.07. The molecule has 0 aliphatic carbocycles. The molecular formula is C13H10F3N5. The predicted molar refractivity (Wildman–Crippen MR) is 69.0 cm³/mol. The fourth-order valence-electron chi connectivity index (χ4n) is 1.86. The van der Waals surface area contributed by atoms with Crippen LogP contribution in [0.4, 0.5) is 13.2 Å². The van der Waals surface area contributed by atoms with Crippen LogP contribution in [0.15, 0.2) is 47.8 Å². The summed E-state index contributed by atoms with van der Waals surface area (Å²) in [5, 5.41) is 0. The van der Waals surface area contributed by atoms with Crippen LogP contribution in [0.25, 0.3) is 0 Å². The molecule has 0 radical (unpaired) electrons. The Morgan fingerprint density at radius 2 is 1.95 bits per heavy atom. The summed E-state index contributed by atoms with van der Waals surface area (Å²) in [6.07, 6.45) is -0.651. The van der Waals surface area contributed by atoms with Crippen LogP contribution >= 0.6 is 0 Å². The maximum absolute atomic E-state index is 12.5. The normalized spacial score (nSPS) is 18.2. The lowest BCUT2D eigenvalue weighted by atomic mass is 10.2. The van der Waals surface area contributed by atoms with Crippen molar-refractivity contribution in [2.45, 2.75) is 12.3 Å². The Labute approximate surface area is 117 Å². The second-order valence-corrected chi connectivity index (χ2v) is 4.37. The Morgan fingerprint density at radius 1 is 1.10 bits per heavy atom. The average molecular weight is 293 g/mol. The van der Waals surface area contributed by atoms with E-state index in [1.807, 2.05) is 6.07 Å². The second-order valence-electron chi connectivity index (χ2n) is 4.37. The van der Waals surface area contributed by atoms with Crippen molar-refractivity contribution in [1.82, 2.24) is 20.8 Å². The number of halogens is 3. The van der Waals surface area contributed by atoms with Crippen LogP contribution < -0.4 is 10.9 Å². The Morgan fingerprint density at radius 3 is 2.57 bits per heavy atom. The quantitative estimate of drug-likeness (QED) is 0.889. The summed E-state index contributed by atoms with van der Waals surface area (Å²) < 4.78 is 37.4. The molecule has 2 aromatic heterocycles. The second kappa shape index (κ2) is 5.13. The first-order chi connectivity index (χ1) is 10.0. The summed E-state index contributed by atoms with van der Waals surface area (Å²) in [5.41, 5.74) is 6.10. The van der Waals surface area contributed by atoms with Crippen molar-refractivity contribution in [3.63, 3.8) is 0 Å². The van der Waals surface area contributed by atoms with Gasteiger partial charge in [-0.05, 0) is 18.2 Å². The minimum Gasteiger partial charge on any atom is -0.302 e. The van der Waals surface area contributed by atoms with Crippen LogP contribution in [-0.2, 0) is 6.18 Å². The van der Waals surface area contributed by atoms with E-state index in [9.17, 15) is 13.2 Å².